The minimum absolute atomic E-state index is 0.178. The zero-order chi connectivity index (χ0) is 33.4. The summed E-state index contributed by atoms with van der Waals surface area (Å²) in [5, 5.41) is 12.3. The van der Waals surface area contributed by atoms with Gasteiger partial charge in [-0.15, -0.1) is 0 Å². The average Bonchev–Trinajstić information content (AvgIpc) is 3.61. The molecular formula is C39H24Cl2N2O5. The number of hydrogen-bond acceptors (Lipinski definition) is 5. The molecule has 7 nitrogen and oxygen atoms in total. The number of Topliss-reactive ketones (excluding diaryl/α,β-unsaturated/α-hetero) is 1. The lowest BCUT2D eigenvalue weighted by atomic mass is 9.59. The van der Waals surface area contributed by atoms with Crippen LogP contribution >= 0.6 is 23.2 Å². The number of allylic oxidation sites excluding steroid dienone is 2. The highest BCUT2D eigenvalue weighted by molar-refractivity contribution is 6.39. The number of benzene rings is 5. The molecule has 8 rings (SSSR count). The number of amides is 2. The first-order valence-corrected chi connectivity index (χ1v) is 16.0. The van der Waals surface area contributed by atoms with Crippen LogP contribution in [0.2, 0.25) is 10.0 Å². The van der Waals surface area contributed by atoms with Crippen molar-refractivity contribution in [2.45, 2.75) is 10.8 Å². The van der Waals surface area contributed by atoms with E-state index in [4.69, 9.17) is 23.2 Å². The zero-order valence-corrected chi connectivity index (χ0v) is 26.6. The number of nitro groups is 1. The van der Waals surface area contributed by atoms with Crippen LogP contribution in [0.15, 0.2) is 133 Å². The molecule has 1 heterocycles. The molecule has 3 aliphatic rings. The number of ketones is 1. The Kier molecular flexibility index (Phi) is 6.77. The third kappa shape index (κ3) is 3.86. The predicted molar refractivity (Wildman–Crippen MR) is 184 cm³/mol. The van der Waals surface area contributed by atoms with Crippen molar-refractivity contribution in [3.63, 3.8) is 0 Å². The maximum absolute atomic E-state index is 15.9. The first-order chi connectivity index (χ1) is 23.2. The number of hydrogen-bond donors (Lipinski definition) is 0. The van der Waals surface area contributed by atoms with E-state index in [1.165, 1.54) is 24.3 Å². The summed E-state index contributed by atoms with van der Waals surface area (Å²) in [6.07, 6.45) is 0. The molecule has 5 aromatic carbocycles. The fourth-order valence-electron chi connectivity index (χ4n) is 8.34. The lowest BCUT2D eigenvalue weighted by molar-refractivity contribution is -0.384. The molecule has 2 amide bonds. The molecule has 2 bridgehead atoms. The number of carbonyl (C=O) groups excluding carboxylic acids is 3. The van der Waals surface area contributed by atoms with Gasteiger partial charge in [-0.1, -0.05) is 108 Å². The molecule has 1 aliphatic heterocycles. The maximum Gasteiger partial charge on any atom is 0.269 e. The SMILES string of the molecule is O=C1[C@H]2[C@H](C(=O)N1c1ccc([N+](=O)[O-])cc1)[C@@]1(c3ccc(Cl)cc3)C(=O)[C@@]2(c2ccc(Cl)cc2)C(c2ccccc2)=C1c1ccccc1. The van der Waals surface area contributed by atoms with Crippen molar-refractivity contribution in [1.29, 1.82) is 0 Å². The van der Waals surface area contributed by atoms with Crippen LogP contribution in [-0.4, -0.2) is 22.5 Å². The lowest BCUT2D eigenvalue weighted by Crippen LogP contribution is -2.45. The summed E-state index contributed by atoms with van der Waals surface area (Å²) in [7, 11) is 0. The fourth-order valence-corrected chi connectivity index (χ4v) is 8.59. The number of anilines is 1. The van der Waals surface area contributed by atoms with Crippen molar-refractivity contribution in [2.24, 2.45) is 11.8 Å². The number of nitrogens with zero attached hydrogens (tertiary/aromatic N) is 2. The Morgan fingerprint density at radius 3 is 1.33 bits per heavy atom. The quantitative estimate of drug-likeness (QED) is 0.103. The van der Waals surface area contributed by atoms with E-state index in [0.29, 0.717) is 32.3 Å². The van der Waals surface area contributed by atoms with Crippen LogP contribution in [0.3, 0.4) is 0 Å². The summed E-state index contributed by atoms with van der Waals surface area (Å²) in [5.74, 6) is -3.69. The number of rotatable bonds is 6. The highest BCUT2D eigenvalue weighted by Gasteiger charge is 2.82. The van der Waals surface area contributed by atoms with Crippen molar-refractivity contribution in [3.8, 4) is 0 Å². The van der Waals surface area contributed by atoms with Crippen molar-refractivity contribution in [1.82, 2.24) is 0 Å². The van der Waals surface area contributed by atoms with Gasteiger partial charge in [0.25, 0.3) is 5.69 Å². The van der Waals surface area contributed by atoms with Gasteiger partial charge in [-0.05, 0) is 69.8 Å². The summed E-state index contributed by atoms with van der Waals surface area (Å²) in [4.78, 5) is 57.9. The Morgan fingerprint density at radius 1 is 0.562 bits per heavy atom. The Balaban J connectivity index is 1.52. The molecule has 1 saturated carbocycles. The highest BCUT2D eigenvalue weighted by atomic mass is 35.5. The first-order valence-electron chi connectivity index (χ1n) is 15.3. The number of fused-ring (bicyclic) bond motifs is 5. The molecular weight excluding hydrogens is 647 g/mol. The second-order valence-corrected chi connectivity index (χ2v) is 13.1. The zero-order valence-electron chi connectivity index (χ0n) is 25.0. The Hall–Kier alpha value is -5.37. The molecule has 0 spiro atoms. The smallest absolute Gasteiger partial charge is 0.269 e. The van der Waals surface area contributed by atoms with E-state index in [-0.39, 0.29) is 17.2 Å². The van der Waals surface area contributed by atoms with E-state index in [0.717, 1.165) is 16.0 Å². The molecule has 0 aromatic heterocycles. The number of carbonyl (C=O) groups is 3. The third-order valence-electron chi connectivity index (χ3n) is 10.0. The summed E-state index contributed by atoms with van der Waals surface area (Å²) < 4.78 is 0. The van der Waals surface area contributed by atoms with Crippen LogP contribution in [0.25, 0.3) is 11.1 Å². The van der Waals surface area contributed by atoms with Gasteiger partial charge < -0.3 is 0 Å². The van der Waals surface area contributed by atoms with Crippen LogP contribution in [0.5, 0.6) is 0 Å². The van der Waals surface area contributed by atoms with Gasteiger partial charge in [0.15, 0.2) is 5.78 Å². The largest absolute Gasteiger partial charge is 0.297 e. The van der Waals surface area contributed by atoms with E-state index in [9.17, 15) is 19.7 Å². The van der Waals surface area contributed by atoms with Crippen molar-refractivity contribution >= 4 is 63.3 Å². The Bertz CT molecular complexity index is 2060. The monoisotopic (exact) mass is 670 g/mol. The number of imide groups is 1. The van der Waals surface area contributed by atoms with Crippen LogP contribution in [0, 0.1) is 22.0 Å². The van der Waals surface area contributed by atoms with E-state index in [1.54, 1.807) is 48.5 Å². The van der Waals surface area contributed by atoms with Gasteiger partial charge in [0.1, 0.15) is 0 Å². The summed E-state index contributed by atoms with van der Waals surface area (Å²) >= 11 is 12.8. The summed E-state index contributed by atoms with van der Waals surface area (Å²) in [6, 6.07) is 38.1. The highest BCUT2D eigenvalue weighted by Crippen LogP contribution is 2.74. The standard InChI is InChI=1S/C39H24Cl2N2O5/c40-27-15-11-25(12-16-27)38-31(23-7-3-1-4-8-23)32(24-9-5-2-6-10-24)39(37(38)46,26-13-17-28(41)18-14-26)34-33(38)35(44)42(36(34)45)29-19-21-30(22-20-29)43(47)48/h1-22,33-34H/t33-,34-,38+,39+/m1/s1. The van der Waals surface area contributed by atoms with Gasteiger partial charge in [-0.3, -0.25) is 24.5 Å². The normalized spacial score (nSPS) is 24.4. The lowest BCUT2D eigenvalue weighted by Gasteiger charge is -2.39. The van der Waals surface area contributed by atoms with E-state index in [2.05, 4.69) is 0 Å². The van der Waals surface area contributed by atoms with Crippen LogP contribution in [-0.2, 0) is 25.2 Å². The molecule has 1 saturated heterocycles. The molecule has 234 valence electrons. The summed E-state index contributed by atoms with van der Waals surface area (Å²) in [5.41, 5.74) is 0.645. The Labute approximate surface area is 285 Å². The molecule has 48 heavy (non-hydrogen) atoms. The number of halogens is 2. The van der Waals surface area contributed by atoms with E-state index < -0.39 is 39.4 Å². The van der Waals surface area contributed by atoms with Gasteiger partial charge in [-0.2, -0.15) is 0 Å². The molecule has 0 radical (unpaired) electrons. The van der Waals surface area contributed by atoms with Gasteiger partial charge in [-0.25, -0.2) is 4.90 Å². The number of non-ortho nitro benzene ring substituents is 1. The van der Waals surface area contributed by atoms with Crippen molar-refractivity contribution < 1.29 is 19.3 Å². The minimum Gasteiger partial charge on any atom is -0.297 e. The van der Waals surface area contributed by atoms with Crippen LogP contribution in [0.4, 0.5) is 11.4 Å². The van der Waals surface area contributed by atoms with Gasteiger partial charge >= 0.3 is 0 Å². The molecule has 0 N–H and O–H groups in total. The van der Waals surface area contributed by atoms with Crippen LogP contribution in [0.1, 0.15) is 22.3 Å². The maximum atomic E-state index is 15.9. The third-order valence-corrected chi connectivity index (χ3v) is 10.5. The van der Waals surface area contributed by atoms with E-state index >= 15 is 4.79 Å². The van der Waals surface area contributed by atoms with Gasteiger partial charge in [0.2, 0.25) is 11.8 Å². The van der Waals surface area contributed by atoms with Crippen LogP contribution < -0.4 is 4.90 Å². The molecule has 4 atom stereocenters. The average molecular weight is 672 g/mol. The minimum atomic E-state index is -1.61. The second-order valence-electron chi connectivity index (χ2n) is 12.2. The Morgan fingerprint density at radius 2 is 0.958 bits per heavy atom. The summed E-state index contributed by atoms with van der Waals surface area (Å²) in [6.45, 7) is 0. The van der Waals surface area contributed by atoms with Crippen molar-refractivity contribution in [3.05, 3.63) is 176 Å². The van der Waals surface area contributed by atoms with Crippen molar-refractivity contribution in [2.75, 3.05) is 4.90 Å². The molecule has 2 fully saturated rings. The van der Waals surface area contributed by atoms with E-state index in [1.807, 2.05) is 60.7 Å². The fraction of sp³-hybridized carbons (Fsp3) is 0.103. The van der Waals surface area contributed by atoms with Gasteiger partial charge in [0, 0.05) is 22.2 Å². The number of nitro benzene ring substituents is 1. The molecule has 0 unspecified atom stereocenters. The predicted octanol–water partition coefficient (Wildman–Crippen LogP) is 8.09. The molecule has 9 heteroatoms. The topological polar surface area (TPSA) is 97.6 Å². The van der Waals surface area contributed by atoms with Gasteiger partial charge in [0.05, 0.1) is 33.3 Å². The molecule has 2 aliphatic carbocycles. The first kappa shape index (κ1) is 30.0. The molecule has 5 aromatic rings. The second kappa shape index (κ2) is 10.8.